The number of hydrogen-bond donors (Lipinski definition) is 2. The van der Waals surface area contributed by atoms with Gasteiger partial charge in [-0.2, -0.15) is 0 Å². The van der Waals surface area contributed by atoms with Crippen LogP contribution < -0.4 is 20.1 Å². The number of nitrogens with one attached hydrogen (secondary N) is 2. The number of ether oxygens (including phenoxy) is 2. The van der Waals surface area contributed by atoms with Gasteiger partial charge in [0.15, 0.2) is 0 Å². The van der Waals surface area contributed by atoms with Crippen molar-refractivity contribution in [1.82, 2.24) is 4.98 Å². The Morgan fingerprint density at radius 3 is 2.39 bits per heavy atom. The molecule has 0 aliphatic heterocycles. The van der Waals surface area contributed by atoms with Gasteiger partial charge in [-0.15, -0.1) is 11.3 Å². The number of nitrogens with zero attached hydrogens (tertiary/aromatic N) is 1. The largest absolute Gasteiger partial charge is 0.497 e. The van der Waals surface area contributed by atoms with Crippen LogP contribution in [0.4, 0.5) is 11.4 Å². The average Bonchev–Trinajstić information content (AvgIpc) is 3.18. The number of carbonyl (C=O) groups excluding carboxylic acids is 2. The highest BCUT2D eigenvalue weighted by molar-refractivity contribution is 7.13. The molecule has 0 saturated heterocycles. The van der Waals surface area contributed by atoms with Crippen molar-refractivity contribution < 1.29 is 19.1 Å². The second kappa shape index (κ2) is 8.53. The van der Waals surface area contributed by atoms with Crippen LogP contribution >= 0.6 is 11.3 Å². The van der Waals surface area contributed by atoms with E-state index in [0.717, 1.165) is 16.3 Å². The summed E-state index contributed by atoms with van der Waals surface area (Å²) in [6, 6.07) is 12.5. The standard InChI is InChI=1S/C20H19N3O4S/c1-12(24)21-16-10-14(6-9-18(16)27-3)22-19(25)17-11-28-20(23-17)13-4-7-15(26-2)8-5-13/h4-11H,1-3H3,(H,21,24)(H,22,25). The second-order valence-electron chi connectivity index (χ2n) is 5.82. The van der Waals surface area contributed by atoms with E-state index in [1.165, 1.54) is 25.4 Å². The van der Waals surface area contributed by atoms with Gasteiger partial charge in [-0.3, -0.25) is 9.59 Å². The van der Waals surface area contributed by atoms with E-state index in [0.29, 0.717) is 22.8 Å². The number of amides is 2. The Labute approximate surface area is 166 Å². The summed E-state index contributed by atoms with van der Waals surface area (Å²) in [6.45, 7) is 1.40. The van der Waals surface area contributed by atoms with Crippen LogP contribution in [0.5, 0.6) is 11.5 Å². The third-order valence-corrected chi connectivity index (χ3v) is 4.73. The summed E-state index contributed by atoms with van der Waals surface area (Å²) >= 11 is 1.38. The maximum Gasteiger partial charge on any atom is 0.275 e. The van der Waals surface area contributed by atoms with Gasteiger partial charge >= 0.3 is 0 Å². The number of aromatic nitrogens is 1. The molecule has 1 heterocycles. The predicted octanol–water partition coefficient (Wildman–Crippen LogP) is 4.04. The number of anilines is 2. The topological polar surface area (TPSA) is 89.6 Å². The van der Waals surface area contributed by atoms with E-state index in [1.54, 1.807) is 30.7 Å². The number of rotatable bonds is 6. The van der Waals surface area contributed by atoms with Crippen LogP contribution in [0.3, 0.4) is 0 Å². The average molecular weight is 397 g/mol. The van der Waals surface area contributed by atoms with Crippen LogP contribution in [-0.4, -0.2) is 31.0 Å². The molecule has 2 N–H and O–H groups in total. The zero-order valence-electron chi connectivity index (χ0n) is 15.6. The fraction of sp³-hybridized carbons (Fsp3) is 0.150. The molecule has 0 saturated carbocycles. The maximum absolute atomic E-state index is 12.5. The van der Waals surface area contributed by atoms with Crippen LogP contribution in [-0.2, 0) is 4.79 Å². The molecule has 1 aromatic heterocycles. The first kappa shape index (κ1) is 19.4. The quantitative estimate of drug-likeness (QED) is 0.655. The van der Waals surface area contributed by atoms with Crippen molar-refractivity contribution >= 4 is 34.5 Å². The minimum Gasteiger partial charge on any atom is -0.497 e. The third kappa shape index (κ3) is 4.47. The van der Waals surface area contributed by atoms with Gasteiger partial charge in [0.25, 0.3) is 5.91 Å². The second-order valence-corrected chi connectivity index (χ2v) is 6.67. The van der Waals surface area contributed by atoms with E-state index in [-0.39, 0.29) is 11.8 Å². The molecule has 3 aromatic rings. The summed E-state index contributed by atoms with van der Waals surface area (Å²) < 4.78 is 10.4. The summed E-state index contributed by atoms with van der Waals surface area (Å²) in [4.78, 5) is 28.3. The lowest BCUT2D eigenvalue weighted by molar-refractivity contribution is -0.114. The van der Waals surface area contributed by atoms with Gasteiger partial charge in [0, 0.05) is 23.6 Å². The minimum absolute atomic E-state index is 0.231. The summed E-state index contributed by atoms with van der Waals surface area (Å²) in [5.74, 6) is 0.691. The lowest BCUT2D eigenvalue weighted by Gasteiger charge is -2.11. The highest BCUT2D eigenvalue weighted by atomic mass is 32.1. The highest BCUT2D eigenvalue weighted by Crippen LogP contribution is 2.29. The Kier molecular flexibility index (Phi) is 5.90. The van der Waals surface area contributed by atoms with Crippen LogP contribution in [0.25, 0.3) is 10.6 Å². The molecular formula is C20H19N3O4S. The Morgan fingerprint density at radius 1 is 1.00 bits per heavy atom. The number of methoxy groups -OCH3 is 2. The van der Waals surface area contributed by atoms with Crippen molar-refractivity contribution in [3.05, 3.63) is 53.5 Å². The fourth-order valence-electron chi connectivity index (χ4n) is 2.51. The summed E-state index contributed by atoms with van der Waals surface area (Å²) in [5, 5.41) is 7.90. The van der Waals surface area contributed by atoms with Gasteiger partial charge < -0.3 is 20.1 Å². The van der Waals surface area contributed by atoms with E-state index in [1.807, 2.05) is 24.3 Å². The van der Waals surface area contributed by atoms with E-state index in [9.17, 15) is 9.59 Å². The minimum atomic E-state index is -0.338. The van der Waals surface area contributed by atoms with Crippen LogP contribution in [0.15, 0.2) is 47.8 Å². The SMILES string of the molecule is COc1ccc(-c2nc(C(=O)Nc3ccc(OC)c(NC(C)=O)c3)cs2)cc1. The summed E-state index contributed by atoms with van der Waals surface area (Å²) in [5.41, 5.74) is 2.22. The number of benzene rings is 2. The molecule has 0 aliphatic rings. The summed E-state index contributed by atoms with van der Waals surface area (Å²) in [6.07, 6.45) is 0. The highest BCUT2D eigenvalue weighted by Gasteiger charge is 2.14. The molecule has 2 amide bonds. The molecule has 0 fully saturated rings. The van der Waals surface area contributed by atoms with Crippen LogP contribution in [0, 0.1) is 0 Å². The van der Waals surface area contributed by atoms with Crippen molar-refractivity contribution in [2.24, 2.45) is 0 Å². The lowest BCUT2D eigenvalue weighted by Crippen LogP contribution is -2.13. The molecular weight excluding hydrogens is 378 g/mol. The van der Waals surface area contributed by atoms with Crippen molar-refractivity contribution in [2.75, 3.05) is 24.9 Å². The van der Waals surface area contributed by atoms with E-state index in [4.69, 9.17) is 9.47 Å². The van der Waals surface area contributed by atoms with Gasteiger partial charge in [0.2, 0.25) is 5.91 Å². The molecule has 144 valence electrons. The Bertz CT molecular complexity index is 999. The maximum atomic E-state index is 12.5. The fourth-order valence-corrected chi connectivity index (χ4v) is 3.32. The van der Waals surface area contributed by atoms with Crippen LogP contribution in [0.2, 0.25) is 0 Å². The van der Waals surface area contributed by atoms with E-state index < -0.39 is 0 Å². The monoisotopic (exact) mass is 397 g/mol. The third-order valence-electron chi connectivity index (χ3n) is 3.84. The molecule has 0 aliphatic carbocycles. The Morgan fingerprint density at radius 2 is 1.75 bits per heavy atom. The summed E-state index contributed by atoms with van der Waals surface area (Å²) in [7, 11) is 3.12. The van der Waals surface area contributed by atoms with Gasteiger partial charge in [-0.25, -0.2) is 4.98 Å². The number of thiazole rings is 1. The molecule has 8 heteroatoms. The van der Waals surface area contributed by atoms with Gasteiger partial charge in [-0.1, -0.05) is 0 Å². The number of hydrogen-bond acceptors (Lipinski definition) is 6. The molecule has 0 unspecified atom stereocenters. The van der Waals surface area contributed by atoms with Crippen molar-refractivity contribution in [1.29, 1.82) is 0 Å². The molecule has 7 nitrogen and oxygen atoms in total. The molecule has 0 bridgehead atoms. The lowest BCUT2D eigenvalue weighted by atomic mass is 10.2. The first-order valence-corrected chi connectivity index (χ1v) is 9.25. The van der Waals surface area contributed by atoms with E-state index in [2.05, 4.69) is 15.6 Å². The molecule has 0 radical (unpaired) electrons. The molecule has 28 heavy (non-hydrogen) atoms. The molecule has 3 rings (SSSR count). The van der Waals surface area contributed by atoms with Gasteiger partial charge in [0.1, 0.15) is 22.2 Å². The van der Waals surface area contributed by atoms with Crippen molar-refractivity contribution in [2.45, 2.75) is 6.92 Å². The number of carbonyl (C=O) groups is 2. The van der Waals surface area contributed by atoms with Crippen molar-refractivity contribution in [3.63, 3.8) is 0 Å². The van der Waals surface area contributed by atoms with Crippen molar-refractivity contribution in [3.8, 4) is 22.1 Å². The van der Waals surface area contributed by atoms with Crippen LogP contribution in [0.1, 0.15) is 17.4 Å². The molecule has 2 aromatic carbocycles. The van der Waals surface area contributed by atoms with Gasteiger partial charge in [0.05, 0.1) is 19.9 Å². The van der Waals surface area contributed by atoms with Gasteiger partial charge in [-0.05, 0) is 42.5 Å². The molecule has 0 atom stereocenters. The predicted molar refractivity (Wildman–Crippen MR) is 109 cm³/mol. The van der Waals surface area contributed by atoms with E-state index >= 15 is 0 Å². The zero-order chi connectivity index (χ0) is 20.1. The smallest absolute Gasteiger partial charge is 0.275 e. The normalized spacial score (nSPS) is 10.2. The first-order chi connectivity index (χ1) is 13.5. The zero-order valence-corrected chi connectivity index (χ0v) is 16.4. The first-order valence-electron chi connectivity index (χ1n) is 8.37. The molecule has 0 spiro atoms. The Balaban J connectivity index is 1.76. The Hall–Kier alpha value is -3.39.